The van der Waals surface area contributed by atoms with E-state index in [1.54, 1.807) is 17.7 Å². The normalized spacial score (nSPS) is 19.6. The highest BCUT2D eigenvalue weighted by Crippen LogP contribution is 2.39. The first-order chi connectivity index (χ1) is 14.8. The largest absolute Gasteiger partial charge is 0.363 e. The molecule has 0 amide bonds. The molecule has 3 aromatic heterocycles. The lowest BCUT2D eigenvalue weighted by molar-refractivity contribution is -0.0858. The van der Waals surface area contributed by atoms with Gasteiger partial charge in [0.15, 0.2) is 0 Å². The molecule has 2 aliphatic heterocycles. The van der Waals surface area contributed by atoms with Gasteiger partial charge in [0.1, 0.15) is 23.2 Å². The van der Waals surface area contributed by atoms with E-state index in [0.29, 0.717) is 5.92 Å². The number of likely N-dealkylation sites (tertiary alicyclic amines) is 1. The molecular formula is C23H29N5OS. The zero-order valence-corrected chi connectivity index (χ0v) is 18.4. The summed E-state index contributed by atoms with van der Waals surface area (Å²) in [6.45, 7) is 7.30. The second-order valence-corrected chi connectivity index (χ2v) is 9.03. The number of piperidine rings is 1. The van der Waals surface area contributed by atoms with Gasteiger partial charge < -0.3 is 9.64 Å². The number of thiophene rings is 1. The molecular weight excluding hydrogens is 394 g/mol. The molecule has 0 bridgehead atoms. The Labute approximate surface area is 181 Å². The summed E-state index contributed by atoms with van der Waals surface area (Å²) in [5, 5.41) is 3.37. The number of pyridine rings is 1. The summed E-state index contributed by atoms with van der Waals surface area (Å²) in [6, 6.07) is 4.13. The van der Waals surface area contributed by atoms with Gasteiger partial charge in [-0.3, -0.25) is 9.88 Å². The first kappa shape index (κ1) is 19.8. The molecule has 30 heavy (non-hydrogen) atoms. The SMILES string of the molecule is CCOC(C1CCN(c2ncnc3scc(-c4ccncc4)c23)CC1)N1CCCC1. The zero-order chi connectivity index (χ0) is 20.3. The predicted octanol–water partition coefficient (Wildman–Crippen LogP) is 4.43. The highest BCUT2D eigenvalue weighted by molar-refractivity contribution is 7.17. The quantitative estimate of drug-likeness (QED) is 0.585. The fourth-order valence-corrected chi connectivity index (χ4v) is 5.86. The molecule has 0 spiro atoms. The Hall–Kier alpha value is -2.09. The molecule has 1 atom stereocenters. The summed E-state index contributed by atoms with van der Waals surface area (Å²) < 4.78 is 6.22. The maximum absolute atomic E-state index is 6.22. The summed E-state index contributed by atoms with van der Waals surface area (Å²) in [5.74, 6) is 1.67. The van der Waals surface area contributed by atoms with Crippen LogP contribution in [0, 0.1) is 5.92 Å². The van der Waals surface area contributed by atoms with Crippen molar-refractivity contribution in [1.82, 2.24) is 19.9 Å². The summed E-state index contributed by atoms with van der Waals surface area (Å²) in [6.07, 6.45) is 10.6. The van der Waals surface area contributed by atoms with Crippen LogP contribution in [0.5, 0.6) is 0 Å². The first-order valence-electron chi connectivity index (χ1n) is 11.1. The molecule has 1 unspecified atom stereocenters. The van der Waals surface area contributed by atoms with Gasteiger partial charge in [0.2, 0.25) is 0 Å². The maximum Gasteiger partial charge on any atom is 0.141 e. The number of hydrogen-bond donors (Lipinski definition) is 0. The predicted molar refractivity (Wildman–Crippen MR) is 122 cm³/mol. The number of fused-ring (bicyclic) bond motifs is 1. The van der Waals surface area contributed by atoms with Crippen LogP contribution in [0.1, 0.15) is 32.6 Å². The van der Waals surface area contributed by atoms with E-state index in [4.69, 9.17) is 9.72 Å². The standard InChI is InChI=1S/C23H29N5OS/c1-2-29-23(28-11-3-4-12-28)18-7-13-27(14-8-18)21-20-19(17-5-9-24-10-6-17)15-30-22(20)26-16-25-21/h5-6,9-10,15-16,18,23H,2-4,7-8,11-14H2,1H3. The maximum atomic E-state index is 6.22. The highest BCUT2D eigenvalue weighted by Gasteiger charge is 2.33. The van der Waals surface area contributed by atoms with Crippen LogP contribution in [0.4, 0.5) is 5.82 Å². The van der Waals surface area contributed by atoms with Gasteiger partial charge in [-0.25, -0.2) is 9.97 Å². The van der Waals surface area contributed by atoms with E-state index in [-0.39, 0.29) is 6.23 Å². The van der Waals surface area contributed by atoms with Crippen LogP contribution in [-0.2, 0) is 4.74 Å². The molecule has 2 fully saturated rings. The number of rotatable bonds is 6. The summed E-state index contributed by atoms with van der Waals surface area (Å²) in [7, 11) is 0. The van der Waals surface area contributed by atoms with Gasteiger partial charge in [-0.1, -0.05) is 0 Å². The molecule has 0 N–H and O–H groups in total. The van der Waals surface area contributed by atoms with Gasteiger partial charge >= 0.3 is 0 Å². The minimum atomic E-state index is 0.276. The highest BCUT2D eigenvalue weighted by atomic mass is 32.1. The molecule has 0 aromatic carbocycles. The van der Waals surface area contributed by atoms with Crippen molar-refractivity contribution in [2.75, 3.05) is 37.7 Å². The van der Waals surface area contributed by atoms with E-state index >= 15 is 0 Å². The minimum absolute atomic E-state index is 0.276. The van der Waals surface area contributed by atoms with Crippen molar-refractivity contribution in [3.05, 3.63) is 36.2 Å². The van der Waals surface area contributed by atoms with Crippen molar-refractivity contribution < 1.29 is 4.74 Å². The molecule has 2 saturated heterocycles. The van der Waals surface area contributed by atoms with Crippen LogP contribution in [-0.4, -0.2) is 58.9 Å². The van der Waals surface area contributed by atoms with Crippen molar-refractivity contribution in [1.29, 1.82) is 0 Å². The monoisotopic (exact) mass is 423 g/mol. The molecule has 6 nitrogen and oxygen atoms in total. The lowest BCUT2D eigenvalue weighted by Gasteiger charge is -2.40. The molecule has 0 aliphatic carbocycles. The molecule has 2 aliphatic rings. The Kier molecular flexibility index (Phi) is 5.93. The van der Waals surface area contributed by atoms with Crippen molar-refractivity contribution in [2.24, 2.45) is 5.92 Å². The van der Waals surface area contributed by atoms with E-state index in [1.807, 2.05) is 12.4 Å². The number of hydrogen-bond acceptors (Lipinski definition) is 7. The van der Waals surface area contributed by atoms with Gasteiger partial charge in [-0.2, -0.15) is 0 Å². The Morgan fingerprint density at radius 3 is 2.60 bits per heavy atom. The van der Waals surface area contributed by atoms with Gasteiger partial charge in [-0.05, 0) is 50.3 Å². The second-order valence-electron chi connectivity index (χ2n) is 8.18. The third kappa shape index (κ3) is 3.82. The van der Waals surface area contributed by atoms with Crippen LogP contribution < -0.4 is 4.90 Å². The van der Waals surface area contributed by atoms with E-state index in [2.05, 4.69) is 44.2 Å². The van der Waals surface area contributed by atoms with Crippen LogP contribution in [0.3, 0.4) is 0 Å². The smallest absolute Gasteiger partial charge is 0.141 e. The molecule has 0 saturated carbocycles. The van der Waals surface area contributed by atoms with E-state index in [9.17, 15) is 0 Å². The minimum Gasteiger partial charge on any atom is -0.363 e. The van der Waals surface area contributed by atoms with E-state index in [1.165, 1.54) is 42.4 Å². The van der Waals surface area contributed by atoms with Crippen molar-refractivity contribution in [3.8, 4) is 11.1 Å². The van der Waals surface area contributed by atoms with Gasteiger partial charge in [0.25, 0.3) is 0 Å². The average molecular weight is 424 g/mol. The molecule has 158 valence electrons. The van der Waals surface area contributed by atoms with Gasteiger partial charge in [-0.15, -0.1) is 11.3 Å². The topological polar surface area (TPSA) is 54.4 Å². The van der Waals surface area contributed by atoms with Crippen molar-refractivity contribution >= 4 is 27.4 Å². The van der Waals surface area contributed by atoms with Crippen LogP contribution in [0.15, 0.2) is 36.2 Å². The Morgan fingerprint density at radius 2 is 1.87 bits per heavy atom. The third-order valence-electron chi connectivity index (χ3n) is 6.42. The van der Waals surface area contributed by atoms with E-state index in [0.717, 1.165) is 43.2 Å². The van der Waals surface area contributed by atoms with Crippen molar-refractivity contribution in [3.63, 3.8) is 0 Å². The average Bonchev–Trinajstić information content (AvgIpc) is 3.48. The lowest BCUT2D eigenvalue weighted by atomic mass is 9.93. The summed E-state index contributed by atoms with van der Waals surface area (Å²) in [4.78, 5) is 19.5. The molecule has 7 heteroatoms. The number of ether oxygens (including phenoxy) is 1. The van der Waals surface area contributed by atoms with Crippen LogP contribution >= 0.6 is 11.3 Å². The number of nitrogens with zero attached hydrogens (tertiary/aromatic N) is 5. The van der Waals surface area contributed by atoms with Crippen LogP contribution in [0.2, 0.25) is 0 Å². The van der Waals surface area contributed by atoms with E-state index < -0.39 is 0 Å². The van der Waals surface area contributed by atoms with Crippen LogP contribution in [0.25, 0.3) is 21.3 Å². The van der Waals surface area contributed by atoms with Gasteiger partial charge in [0, 0.05) is 62.0 Å². The Bertz CT molecular complexity index is 964. The van der Waals surface area contributed by atoms with Gasteiger partial charge in [0.05, 0.1) is 5.39 Å². The third-order valence-corrected chi connectivity index (χ3v) is 7.31. The summed E-state index contributed by atoms with van der Waals surface area (Å²) in [5.41, 5.74) is 2.38. The second kappa shape index (κ2) is 8.96. The molecule has 3 aromatic rings. The zero-order valence-electron chi connectivity index (χ0n) is 17.5. The Morgan fingerprint density at radius 1 is 1.10 bits per heavy atom. The first-order valence-corrected chi connectivity index (χ1v) is 12.0. The number of aromatic nitrogens is 3. The summed E-state index contributed by atoms with van der Waals surface area (Å²) >= 11 is 1.69. The lowest BCUT2D eigenvalue weighted by Crippen LogP contribution is -2.46. The fraction of sp³-hybridized carbons (Fsp3) is 0.522. The Balaban J connectivity index is 1.38. The van der Waals surface area contributed by atoms with Crippen molar-refractivity contribution in [2.45, 2.75) is 38.8 Å². The molecule has 5 heterocycles. The number of anilines is 1. The molecule has 5 rings (SSSR count). The fourth-order valence-electron chi connectivity index (χ4n) is 4.95. The molecule has 0 radical (unpaired) electrons.